The molecular weight excluding hydrogens is 612 g/mol. The Bertz CT molecular complexity index is 757. The molecule has 0 amide bonds. The summed E-state index contributed by atoms with van der Waals surface area (Å²) in [4.78, 5) is 40.6. The number of ketones is 3. The van der Waals surface area contributed by atoms with Gasteiger partial charge in [0, 0.05) is 19.3 Å². The van der Waals surface area contributed by atoms with Crippen LogP contribution in [0.1, 0.15) is 239 Å². The highest BCUT2D eigenvalue weighted by molar-refractivity contribution is 6.16. The minimum atomic E-state index is -2.91. The maximum atomic E-state index is 13.6. The van der Waals surface area contributed by atoms with Crippen LogP contribution in [0.3, 0.4) is 0 Å². The van der Waals surface area contributed by atoms with E-state index in [1.807, 2.05) is 0 Å². The second-order valence-corrected chi connectivity index (χ2v) is 15.1. The van der Waals surface area contributed by atoms with Gasteiger partial charge in [-0.15, -0.1) is 0 Å². The van der Waals surface area contributed by atoms with Crippen molar-refractivity contribution < 1.29 is 29.7 Å². The van der Waals surface area contributed by atoms with Gasteiger partial charge in [0.05, 0.1) is 6.61 Å². The van der Waals surface area contributed by atoms with E-state index >= 15 is 0 Å². The second kappa shape index (κ2) is 32.8. The Morgan fingerprint density at radius 3 is 0.776 bits per heavy atom. The van der Waals surface area contributed by atoms with Crippen LogP contribution in [0, 0.1) is 0 Å². The molecule has 1 atom stereocenters. The van der Waals surface area contributed by atoms with Crippen molar-refractivity contribution in [2.24, 2.45) is 0 Å². The van der Waals surface area contributed by atoms with E-state index in [1.54, 1.807) is 0 Å². The largest absolute Gasteiger partial charge is 0.393 e. The SMILES string of the molecule is CCCCCCCCCCCCCC(=O)C(O)(C(=O)CCCCCCCCCCCCC)C(O)(CO)C(=O)CCCCCCCCCCC. The first kappa shape index (κ1) is 47.9. The first-order chi connectivity index (χ1) is 23.8. The summed E-state index contributed by atoms with van der Waals surface area (Å²) in [5.74, 6) is -2.46. The molecule has 6 heteroatoms. The molecule has 49 heavy (non-hydrogen) atoms. The van der Waals surface area contributed by atoms with Gasteiger partial charge in [0.2, 0.25) is 5.60 Å². The monoisotopic (exact) mass is 695 g/mol. The van der Waals surface area contributed by atoms with Crippen LogP contribution in [0.4, 0.5) is 0 Å². The first-order valence-electron chi connectivity index (χ1n) is 21.4. The molecule has 0 fully saturated rings. The van der Waals surface area contributed by atoms with E-state index in [4.69, 9.17) is 0 Å². The van der Waals surface area contributed by atoms with Gasteiger partial charge < -0.3 is 15.3 Å². The zero-order valence-corrected chi connectivity index (χ0v) is 32.8. The number of Topliss-reactive ketones (excluding diaryl/α,β-unsaturated/α-hetero) is 3. The number of unbranched alkanes of at least 4 members (excludes halogenated alkanes) is 28. The number of rotatable bonds is 39. The van der Waals surface area contributed by atoms with Crippen LogP contribution in [0.25, 0.3) is 0 Å². The van der Waals surface area contributed by atoms with E-state index in [1.165, 1.54) is 116 Å². The molecule has 0 saturated heterocycles. The Labute approximate surface area is 303 Å². The van der Waals surface area contributed by atoms with Crippen molar-refractivity contribution in [3.63, 3.8) is 0 Å². The lowest BCUT2D eigenvalue weighted by Crippen LogP contribution is -2.69. The Balaban J connectivity index is 5.06. The van der Waals surface area contributed by atoms with Crippen LogP contribution in [-0.4, -0.2) is 50.5 Å². The van der Waals surface area contributed by atoms with E-state index in [0.29, 0.717) is 19.3 Å². The highest BCUT2D eigenvalue weighted by Gasteiger charge is 2.62. The van der Waals surface area contributed by atoms with E-state index in [0.717, 1.165) is 64.2 Å². The number of hydrogen-bond donors (Lipinski definition) is 3. The van der Waals surface area contributed by atoms with Crippen LogP contribution in [0.2, 0.25) is 0 Å². The highest BCUT2D eigenvalue weighted by Crippen LogP contribution is 2.32. The normalized spacial score (nSPS) is 13.1. The Morgan fingerprint density at radius 2 is 0.551 bits per heavy atom. The van der Waals surface area contributed by atoms with Gasteiger partial charge in [-0.3, -0.25) is 14.4 Å². The third-order valence-electron chi connectivity index (χ3n) is 10.6. The second-order valence-electron chi connectivity index (χ2n) is 15.1. The standard InChI is InChI=1S/C43H82O6/c1-4-7-10-13-16-19-21-24-27-30-33-36-40(46)43(49,41(47)37-34-31-28-25-22-20-17-14-11-8-5-2)42(48,38-44)39(45)35-32-29-26-23-18-15-12-9-6-3/h44,48-49H,4-38H2,1-3H3. The fourth-order valence-corrected chi connectivity index (χ4v) is 7.09. The average molecular weight is 695 g/mol. The van der Waals surface area contributed by atoms with Gasteiger partial charge in [-0.1, -0.05) is 201 Å². The summed E-state index contributed by atoms with van der Waals surface area (Å²) in [5, 5.41) is 33.6. The zero-order valence-electron chi connectivity index (χ0n) is 32.8. The van der Waals surface area contributed by atoms with Crippen molar-refractivity contribution in [3.05, 3.63) is 0 Å². The predicted molar refractivity (Wildman–Crippen MR) is 206 cm³/mol. The van der Waals surface area contributed by atoms with E-state index in [2.05, 4.69) is 20.8 Å². The van der Waals surface area contributed by atoms with Crippen molar-refractivity contribution in [2.45, 2.75) is 250 Å². The lowest BCUT2D eigenvalue weighted by Gasteiger charge is -2.39. The molecule has 290 valence electrons. The summed E-state index contributed by atoms with van der Waals surface area (Å²) in [6, 6.07) is 0. The summed E-state index contributed by atoms with van der Waals surface area (Å²) >= 11 is 0. The molecule has 0 aliphatic rings. The molecular formula is C43H82O6. The molecule has 0 aliphatic heterocycles. The minimum absolute atomic E-state index is 0.0767. The molecule has 3 N–H and O–H groups in total. The van der Waals surface area contributed by atoms with Crippen LogP contribution >= 0.6 is 0 Å². The van der Waals surface area contributed by atoms with Crippen molar-refractivity contribution >= 4 is 17.3 Å². The molecule has 0 saturated carbocycles. The molecule has 0 radical (unpaired) electrons. The zero-order chi connectivity index (χ0) is 36.5. The van der Waals surface area contributed by atoms with Gasteiger partial charge in [0.25, 0.3) is 0 Å². The number of carbonyl (C=O) groups excluding carboxylic acids is 3. The molecule has 0 heterocycles. The van der Waals surface area contributed by atoms with Crippen LogP contribution in [-0.2, 0) is 14.4 Å². The minimum Gasteiger partial charge on any atom is -0.393 e. The van der Waals surface area contributed by atoms with Crippen molar-refractivity contribution in [1.82, 2.24) is 0 Å². The first-order valence-corrected chi connectivity index (χ1v) is 21.4. The quantitative estimate of drug-likeness (QED) is 0.0436. The fraction of sp³-hybridized carbons (Fsp3) is 0.930. The third-order valence-corrected chi connectivity index (χ3v) is 10.6. The molecule has 0 aromatic rings. The fourth-order valence-electron chi connectivity index (χ4n) is 7.09. The van der Waals surface area contributed by atoms with Crippen molar-refractivity contribution in [1.29, 1.82) is 0 Å². The maximum absolute atomic E-state index is 13.6. The molecule has 1 unspecified atom stereocenters. The highest BCUT2D eigenvalue weighted by atomic mass is 16.4. The van der Waals surface area contributed by atoms with E-state index in [-0.39, 0.29) is 19.3 Å². The van der Waals surface area contributed by atoms with Gasteiger partial charge in [-0.05, 0) is 19.3 Å². The van der Waals surface area contributed by atoms with Crippen LogP contribution < -0.4 is 0 Å². The van der Waals surface area contributed by atoms with E-state index in [9.17, 15) is 29.7 Å². The molecule has 0 aliphatic carbocycles. The number of aliphatic hydroxyl groups excluding tert-OH is 1. The summed E-state index contributed by atoms with van der Waals surface area (Å²) in [7, 11) is 0. The number of aliphatic hydroxyl groups is 3. The van der Waals surface area contributed by atoms with Gasteiger partial charge in [-0.25, -0.2) is 0 Å². The third kappa shape index (κ3) is 21.8. The van der Waals surface area contributed by atoms with Gasteiger partial charge in [0.1, 0.15) is 0 Å². The number of hydrogen-bond acceptors (Lipinski definition) is 6. The van der Waals surface area contributed by atoms with Gasteiger partial charge >= 0.3 is 0 Å². The predicted octanol–water partition coefficient (Wildman–Crippen LogP) is 11.5. The lowest BCUT2D eigenvalue weighted by atomic mass is 9.71. The van der Waals surface area contributed by atoms with Crippen molar-refractivity contribution in [3.8, 4) is 0 Å². The number of carbonyl (C=O) groups is 3. The summed E-state index contributed by atoms with van der Waals surface area (Å²) < 4.78 is 0. The topological polar surface area (TPSA) is 112 Å². The maximum Gasteiger partial charge on any atom is 0.219 e. The molecule has 0 spiro atoms. The molecule has 0 aromatic heterocycles. The van der Waals surface area contributed by atoms with Gasteiger partial charge in [-0.2, -0.15) is 0 Å². The summed E-state index contributed by atoms with van der Waals surface area (Å²) in [6.07, 6.45) is 33.4. The Hall–Kier alpha value is -1.11. The Kier molecular flexibility index (Phi) is 32.0. The molecule has 0 bridgehead atoms. The average Bonchev–Trinajstić information content (AvgIpc) is 3.10. The smallest absolute Gasteiger partial charge is 0.219 e. The Morgan fingerprint density at radius 1 is 0.347 bits per heavy atom. The summed E-state index contributed by atoms with van der Waals surface area (Å²) in [5.41, 5.74) is -5.72. The molecule has 0 aromatic carbocycles. The van der Waals surface area contributed by atoms with Crippen LogP contribution in [0.5, 0.6) is 0 Å². The lowest BCUT2D eigenvalue weighted by molar-refractivity contribution is -0.194. The van der Waals surface area contributed by atoms with Crippen LogP contribution in [0.15, 0.2) is 0 Å². The van der Waals surface area contributed by atoms with Crippen molar-refractivity contribution in [2.75, 3.05) is 6.61 Å². The van der Waals surface area contributed by atoms with Gasteiger partial charge in [0.15, 0.2) is 23.0 Å². The molecule has 0 rings (SSSR count). The van der Waals surface area contributed by atoms with E-state index < -0.39 is 35.2 Å². The molecule has 6 nitrogen and oxygen atoms in total. The summed E-state index contributed by atoms with van der Waals surface area (Å²) in [6.45, 7) is 5.50.